The molecule has 0 saturated heterocycles. The van der Waals surface area contributed by atoms with Crippen molar-refractivity contribution in [2.24, 2.45) is 5.92 Å². The van der Waals surface area contributed by atoms with E-state index in [0.29, 0.717) is 0 Å². The zero-order valence-electron chi connectivity index (χ0n) is 4.11. The van der Waals surface area contributed by atoms with Gasteiger partial charge in [-0.1, -0.05) is 6.42 Å². The Morgan fingerprint density at radius 1 is 1.57 bits per heavy atom. The third kappa shape index (κ3) is 0.734. The predicted molar refractivity (Wildman–Crippen MR) is 25.4 cm³/mol. The van der Waals surface area contributed by atoms with Crippen LogP contribution in [0.5, 0.6) is 0 Å². The molecule has 1 radical (unpaired) electrons. The second-order valence-corrected chi connectivity index (χ2v) is 1.99. The fourth-order valence-corrected chi connectivity index (χ4v) is 0.670. The third-order valence-corrected chi connectivity index (χ3v) is 1.48. The van der Waals surface area contributed by atoms with Crippen LogP contribution in [-0.2, 0) is 4.79 Å². The Hall–Kier alpha value is -0.530. The molecule has 0 spiro atoms. The van der Waals surface area contributed by atoms with Crippen LogP contribution in [0.2, 0.25) is 0 Å². The van der Waals surface area contributed by atoms with Crippen LogP contribution in [0, 0.1) is 5.92 Å². The molecular weight excluding hydrogens is 90.1 g/mol. The minimum Gasteiger partial charge on any atom is -0.273 e. The van der Waals surface area contributed by atoms with Gasteiger partial charge in [-0.25, -0.2) is 0 Å². The van der Waals surface area contributed by atoms with Crippen LogP contribution in [0.25, 0.3) is 0 Å². The van der Waals surface area contributed by atoms with Crippen LogP contribution >= 0.6 is 0 Å². The lowest BCUT2D eigenvalue weighted by Crippen LogP contribution is -2.21. The molecule has 0 unspecified atom stereocenters. The molecule has 0 aromatic rings. The molecule has 0 bridgehead atoms. The summed E-state index contributed by atoms with van der Waals surface area (Å²) >= 11 is 0. The molecule has 39 valence electrons. The van der Waals surface area contributed by atoms with Crippen molar-refractivity contribution < 1.29 is 4.79 Å². The Kier molecular flexibility index (Phi) is 1.01. The smallest absolute Gasteiger partial charge is 0.241 e. The molecule has 2 nitrogen and oxygen atoms in total. The molecule has 2 heteroatoms. The van der Waals surface area contributed by atoms with Gasteiger partial charge >= 0.3 is 0 Å². The average molecular weight is 98.1 g/mol. The van der Waals surface area contributed by atoms with E-state index in [1.165, 1.54) is 0 Å². The number of hydrogen-bond acceptors (Lipinski definition) is 1. The zero-order chi connectivity index (χ0) is 5.28. The minimum absolute atomic E-state index is 0.111. The Labute approximate surface area is 42.7 Å². The van der Waals surface area contributed by atoms with Gasteiger partial charge in [0, 0.05) is 5.92 Å². The van der Waals surface area contributed by atoms with E-state index < -0.39 is 0 Å². The summed E-state index contributed by atoms with van der Waals surface area (Å²) in [6, 6.07) is 0. The third-order valence-electron chi connectivity index (χ3n) is 1.48. The number of carbonyl (C=O) groups excluding carboxylic acids is 1. The van der Waals surface area contributed by atoms with Crippen LogP contribution in [0.4, 0.5) is 0 Å². The summed E-state index contributed by atoms with van der Waals surface area (Å²) in [7, 11) is 0. The summed E-state index contributed by atoms with van der Waals surface area (Å²) in [6.07, 6.45) is 3.07. The maximum Gasteiger partial charge on any atom is 0.241 e. The fraction of sp³-hybridized carbons (Fsp3) is 0.800. The Morgan fingerprint density at radius 3 is 2.14 bits per heavy atom. The van der Waals surface area contributed by atoms with Gasteiger partial charge in [0.25, 0.3) is 0 Å². The molecule has 0 heterocycles. The normalized spacial score (nSPS) is 21.1. The SMILES string of the molecule is [NH]C(=O)C1CCC1. The van der Waals surface area contributed by atoms with E-state index in [-0.39, 0.29) is 11.8 Å². The largest absolute Gasteiger partial charge is 0.273 e. The van der Waals surface area contributed by atoms with Gasteiger partial charge in [-0.3, -0.25) is 10.5 Å². The average Bonchev–Trinajstić information content (AvgIpc) is 1.23. The van der Waals surface area contributed by atoms with E-state index in [9.17, 15) is 4.79 Å². The molecular formula is C5H8NO. The van der Waals surface area contributed by atoms with Gasteiger partial charge in [-0.15, -0.1) is 0 Å². The summed E-state index contributed by atoms with van der Waals surface area (Å²) in [5, 5.41) is 0. The van der Waals surface area contributed by atoms with Crippen molar-refractivity contribution in [3.63, 3.8) is 0 Å². The summed E-state index contributed by atoms with van der Waals surface area (Å²) in [4.78, 5) is 10.1. The number of nitrogens with one attached hydrogen (secondary N) is 1. The first-order valence-electron chi connectivity index (χ1n) is 2.56. The molecule has 1 amide bonds. The molecule has 0 aromatic heterocycles. The van der Waals surface area contributed by atoms with Gasteiger partial charge in [0.05, 0.1) is 0 Å². The highest BCUT2D eigenvalue weighted by Crippen LogP contribution is 2.25. The molecule has 7 heavy (non-hydrogen) atoms. The van der Waals surface area contributed by atoms with Crippen LogP contribution in [0.1, 0.15) is 19.3 Å². The second-order valence-electron chi connectivity index (χ2n) is 1.99. The zero-order valence-corrected chi connectivity index (χ0v) is 4.11. The molecule has 1 fully saturated rings. The van der Waals surface area contributed by atoms with Gasteiger partial charge in [-0.2, -0.15) is 0 Å². The van der Waals surface area contributed by atoms with E-state index in [4.69, 9.17) is 5.73 Å². The maximum absolute atomic E-state index is 10.1. The van der Waals surface area contributed by atoms with Crippen LogP contribution in [0.3, 0.4) is 0 Å². The Bertz CT molecular complexity index is 86.1. The molecule has 1 N–H and O–H groups in total. The highest BCUT2D eigenvalue weighted by Gasteiger charge is 2.22. The highest BCUT2D eigenvalue weighted by atomic mass is 16.1. The summed E-state index contributed by atoms with van der Waals surface area (Å²) in [5.41, 5.74) is 6.60. The van der Waals surface area contributed by atoms with Gasteiger partial charge in [0.15, 0.2) is 0 Å². The topological polar surface area (TPSA) is 40.9 Å². The number of amides is 1. The van der Waals surface area contributed by atoms with Crippen molar-refractivity contribution in [3.05, 3.63) is 0 Å². The first-order valence-corrected chi connectivity index (χ1v) is 2.56. The van der Waals surface area contributed by atoms with E-state index in [1.807, 2.05) is 0 Å². The quantitative estimate of drug-likeness (QED) is 0.473. The molecule has 0 aliphatic heterocycles. The van der Waals surface area contributed by atoms with E-state index in [0.717, 1.165) is 19.3 Å². The van der Waals surface area contributed by atoms with Gasteiger partial charge in [0.1, 0.15) is 0 Å². The molecule has 1 aliphatic carbocycles. The van der Waals surface area contributed by atoms with E-state index in [2.05, 4.69) is 0 Å². The lowest BCUT2D eigenvalue weighted by molar-refractivity contribution is -0.124. The lowest BCUT2D eigenvalue weighted by Gasteiger charge is -2.20. The number of rotatable bonds is 1. The van der Waals surface area contributed by atoms with Crippen LogP contribution < -0.4 is 5.73 Å². The summed E-state index contributed by atoms with van der Waals surface area (Å²) in [5.74, 6) is -0.258. The van der Waals surface area contributed by atoms with Gasteiger partial charge in [0.2, 0.25) is 5.91 Å². The monoisotopic (exact) mass is 98.1 g/mol. The molecule has 0 atom stereocenters. The van der Waals surface area contributed by atoms with Crippen molar-refractivity contribution in [1.29, 1.82) is 0 Å². The minimum atomic E-state index is -0.369. The summed E-state index contributed by atoms with van der Waals surface area (Å²) < 4.78 is 0. The van der Waals surface area contributed by atoms with Gasteiger partial charge in [-0.05, 0) is 12.8 Å². The standard InChI is InChI=1S/C5H8NO/c6-5(7)4-2-1-3-4/h4,6H,1-3H2. The van der Waals surface area contributed by atoms with Crippen molar-refractivity contribution in [2.75, 3.05) is 0 Å². The summed E-state index contributed by atoms with van der Waals surface area (Å²) in [6.45, 7) is 0. The lowest BCUT2D eigenvalue weighted by atomic mass is 9.85. The first-order chi connectivity index (χ1) is 3.30. The first kappa shape index (κ1) is 4.62. The molecule has 1 rings (SSSR count). The van der Waals surface area contributed by atoms with Crippen LogP contribution in [0.15, 0.2) is 0 Å². The Balaban J connectivity index is 2.27. The number of carbonyl (C=O) groups is 1. The van der Waals surface area contributed by atoms with Crippen molar-refractivity contribution in [1.82, 2.24) is 5.73 Å². The highest BCUT2D eigenvalue weighted by molar-refractivity contribution is 5.76. The van der Waals surface area contributed by atoms with E-state index in [1.54, 1.807) is 0 Å². The second kappa shape index (κ2) is 1.52. The maximum atomic E-state index is 10.1. The van der Waals surface area contributed by atoms with Crippen molar-refractivity contribution in [3.8, 4) is 0 Å². The van der Waals surface area contributed by atoms with Crippen LogP contribution in [-0.4, -0.2) is 5.91 Å². The molecule has 1 saturated carbocycles. The van der Waals surface area contributed by atoms with Gasteiger partial charge < -0.3 is 0 Å². The number of hydrogen-bond donors (Lipinski definition) is 0. The Morgan fingerprint density at radius 2 is 2.14 bits per heavy atom. The molecule has 1 aliphatic rings. The van der Waals surface area contributed by atoms with Crippen molar-refractivity contribution >= 4 is 5.91 Å². The molecule has 0 aromatic carbocycles. The predicted octanol–water partition coefficient (Wildman–Crippen LogP) is 0.596. The fourth-order valence-electron chi connectivity index (χ4n) is 0.670. The van der Waals surface area contributed by atoms with E-state index >= 15 is 0 Å². The van der Waals surface area contributed by atoms with Crippen molar-refractivity contribution in [2.45, 2.75) is 19.3 Å².